The van der Waals surface area contributed by atoms with E-state index in [-0.39, 0.29) is 23.5 Å². The zero-order valence-electron chi connectivity index (χ0n) is 14.5. The Kier molecular flexibility index (Phi) is 4.13. The number of benzene rings is 1. The molecule has 2 heterocycles. The number of amides is 1. The van der Waals surface area contributed by atoms with E-state index in [0.29, 0.717) is 24.5 Å². The Labute approximate surface area is 151 Å². The second-order valence-corrected chi connectivity index (χ2v) is 6.89. The molecule has 1 N–H and O–H groups in total. The highest BCUT2D eigenvalue weighted by atomic mass is 16.5. The van der Waals surface area contributed by atoms with Gasteiger partial charge in [0.25, 0.3) is 5.91 Å². The molecule has 7 heteroatoms. The number of carbonyl (C=O) groups excluding carboxylic acids is 1. The average Bonchev–Trinajstić information content (AvgIpc) is 3.18. The van der Waals surface area contributed by atoms with Crippen LogP contribution in [0.2, 0.25) is 0 Å². The molecule has 1 saturated heterocycles. The van der Waals surface area contributed by atoms with E-state index in [4.69, 9.17) is 9.47 Å². The third-order valence-electron chi connectivity index (χ3n) is 4.98. The summed E-state index contributed by atoms with van der Waals surface area (Å²) in [5, 5.41) is 16.3. The summed E-state index contributed by atoms with van der Waals surface area (Å²) < 4.78 is 13.0. The summed E-state index contributed by atoms with van der Waals surface area (Å²) in [5.74, 6) is 0.478. The van der Waals surface area contributed by atoms with Crippen molar-refractivity contribution in [2.75, 3.05) is 13.2 Å². The average molecular weight is 352 g/mol. The summed E-state index contributed by atoms with van der Waals surface area (Å²) in [6.45, 7) is 0.829. The topological polar surface area (TPSA) is 89.2 Å². The van der Waals surface area contributed by atoms with E-state index in [0.717, 1.165) is 18.4 Å². The number of hydrogen-bond acceptors (Lipinski definition) is 5. The van der Waals surface area contributed by atoms with Crippen molar-refractivity contribution in [3.63, 3.8) is 0 Å². The summed E-state index contributed by atoms with van der Waals surface area (Å²) in [4.78, 5) is 12.5. The fraction of sp³-hybridized carbons (Fsp3) is 0.421. The summed E-state index contributed by atoms with van der Waals surface area (Å²) >= 11 is 0. The molecule has 4 rings (SSSR count). The number of carbonyl (C=O) groups is 1. The van der Waals surface area contributed by atoms with Gasteiger partial charge < -0.3 is 14.8 Å². The van der Waals surface area contributed by atoms with Crippen LogP contribution in [0.4, 0.5) is 0 Å². The Bertz CT molecular complexity index is 848. The van der Waals surface area contributed by atoms with E-state index in [1.54, 1.807) is 29.2 Å². The maximum atomic E-state index is 12.5. The molecule has 1 saturated carbocycles. The summed E-state index contributed by atoms with van der Waals surface area (Å²) in [6.07, 6.45) is 4.94. The highest BCUT2D eigenvalue weighted by Gasteiger charge is 2.44. The third kappa shape index (κ3) is 3.16. The number of nitrogens with zero attached hydrogens (tertiary/aromatic N) is 3. The normalized spacial score (nSPS) is 23.2. The number of aromatic nitrogens is 2. The van der Waals surface area contributed by atoms with Gasteiger partial charge in [-0.05, 0) is 30.5 Å². The number of aryl methyl sites for hydroxylation is 1. The van der Waals surface area contributed by atoms with Crippen LogP contribution in [-0.4, -0.2) is 41.0 Å². The van der Waals surface area contributed by atoms with Crippen LogP contribution in [-0.2, 0) is 17.2 Å². The van der Waals surface area contributed by atoms with Crippen LogP contribution in [0, 0.1) is 11.3 Å². The molecule has 0 bridgehead atoms. The molecule has 2 fully saturated rings. The van der Waals surface area contributed by atoms with E-state index < -0.39 is 0 Å². The zero-order chi connectivity index (χ0) is 18.1. The van der Waals surface area contributed by atoms with Gasteiger partial charge in [0.05, 0.1) is 43.1 Å². The predicted molar refractivity (Wildman–Crippen MR) is 92.7 cm³/mol. The molecule has 26 heavy (non-hydrogen) atoms. The number of nitrogens with one attached hydrogen (secondary N) is 1. The van der Waals surface area contributed by atoms with E-state index in [1.165, 1.54) is 0 Å². The lowest BCUT2D eigenvalue weighted by Gasteiger charge is -2.19. The van der Waals surface area contributed by atoms with Gasteiger partial charge in [0, 0.05) is 12.6 Å². The maximum absolute atomic E-state index is 12.5. The first-order chi connectivity index (χ1) is 12.6. The minimum atomic E-state index is -0.336. The fourth-order valence-electron chi connectivity index (χ4n) is 3.20. The van der Waals surface area contributed by atoms with Crippen molar-refractivity contribution in [3.8, 4) is 11.8 Å². The van der Waals surface area contributed by atoms with Crippen LogP contribution in [0.3, 0.4) is 0 Å². The molecule has 0 radical (unpaired) electrons. The largest absolute Gasteiger partial charge is 0.482 e. The highest BCUT2D eigenvalue weighted by molar-refractivity contribution is 5.94. The molecule has 1 aliphatic heterocycles. The molecular formula is C19H20N4O3. The minimum Gasteiger partial charge on any atom is -0.482 e. The Morgan fingerprint density at radius 2 is 2.15 bits per heavy atom. The molecule has 2 atom stereocenters. The van der Waals surface area contributed by atoms with Gasteiger partial charge in [0.2, 0.25) is 0 Å². The minimum absolute atomic E-state index is 0.173. The molecule has 0 unspecified atom stereocenters. The zero-order valence-corrected chi connectivity index (χ0v) is 14.5. The smallest absolute Gasteiger partial charge is 0.251 e. The number of rotatable bonds is 5. The highest BCUT2D eigenvalue weighted by Crippen LogP contribution is 2.47. The van der Waals surface area contributed by atoms with Gasteiger partial charge >= 0.3 is 0 Å². The van der Waals surface area contributed by atoms with Gasteiger partial charge in [0.1, 0.15) is 6.10 Å². The molecule has 1 aromatic carbocycles. The van der Waals surface area contributed by atoms with Gasteiger partial charge in [-0.25, -0.2) is 0 Å². The van der Waals surface area contributed by atoms with Crippen LogP contribution in [0.5, 0.6) is 5.75 Å². The first-order valence-electron chi connectivity index (χ1n) is 8.65. The van der Waals surface area contributed by atoms with E-state index in [1.807, 2.05) is 19.2 Å². The van der Waals surface area contributed by atoms with Gasteiger partial charge in [-0.2, -0.15) is 10.4 Å². The van der Waals surface area contributed by atoms with E-state index in [9.17, 15) is 10.1 Å². The molecule has 7 nitrogen and oxygen atoms in total. The Balaban J connectivity index is 1.40. The van der Waals surface area contributed by atoms with E-state index >= 15 is 0 Å². The quantitative estimate of drug-likeness (QED) is 0.882. The standard InChI is InChI=1S/C19H20N4O3/c1-23-9-15(8-21-23)26-17-11-25-10-16(17)22-18(24)13-2-4-14(5-3-13)19(12-20)6-7-19/h2-5,8-9,16-17H,6-7,10-11H2,1H3,(H,22,24)/t16-,17+/m0/s1. The molecule has 0 spiro atoms. The van der Waals surface area contributed by atoms with E-state index in [2.05, 4.69) is 16.5 Å². The van der Waals surface area contributed by atoms with Gasteiger partial charge in [-0.3, -0.25) is 9.48 Å². The first kappa shape index (κ1) is 16.6. The number of hydrogen-bond donors (Lipinski definition) is 1. The van der Waals surface area contributed by atoms with Crippen LogP contribution in [0.1, 0.15) is 28.8 Å². The van der Waals surface area contributed by atoms with Crippen molar-refractivity contribution in [1.29, 1.82) is 5.26 Å². The van der Waals surface area contributed by atoms with Crippen molar-refractivity contribution in [2.24, 2.45) is 7.05 Å². The molecule has 1 aliphatic carbocycles. The molecule has 1 aromatic heterocycles. The summed E-state index contributed by atoms with van der Waals surface area (Å²) in [6, 6.07) is 9.44. The predicted octanol–water partition coefficient (Wildman–Crippen LogP) is 1.55. The Morgan fingerprint density at radius 1 is 1.38 bits per heavy atom. The maximum Gasteiger partial charge on any atom is 0.251 e. The fourth-order valence-corrected chi connectivity index (χ4v) is 3.20. The Morgan fingerprint density at radius 3 is 2.77 bits per heavy atom. The summed E-state index contributed by atoms with van der Waals surface area (Å²) in [5.41, 5.74) is 1.21. The van der Waals surface area contributed by atoms with Crippen molar-refractivity contribution >= 4 is 5.91 Å². The van der Waals surface area contributed by atoms with Crippen LogP contribution in [0.15, 0.2) is 36.7 Å². The van der Waals surface area contributed by atoms with Crippen molar-refractivity contribution < 1.29 is 14.3 Å². The molecule has 2 aliphatic rings. The molecule has 1 amide bonds. The first-order valence-corrected chi connectivity index (χ1v) is 8.65. The van der Waals surface area contributed by atoms with Crippen LogP contribution < -0.4 is 10.1 Å². The summed E-state index contributed by atoms with van der Waals surface area (Å²) in [7, 11) is 1.82. The molecule has 134 valence electrons. The molecule has 2 aromatic rings. The van der Waals surface area contributed by atoms with Crippen molar-refractivity contribution in [3.05, 3.63) is 47.8 Å². The molecular weight excluding hydrogens is 332 g/mol. The van der Waals surface area contributed by atoms with Crippen LogP contribution >= 0.6 is 0 Å². The monoisotopic (exact) mass is 352 g/mol. The van der Waals surface area contributed by atoms with Crippen molar-refractivity contribution in [2.45, 2.75) is 30.4 Å². The second-order valence-electron chi connectivity index (χ2n) is 6.89. The van der Waals surface area contributed by atoms with Gasteiger partial charge in [0.15, 0.2) is 5.75 Å². The number of ether oxygens (including phenoxy) is 2. The number of nitriles is 1. The van der Waals surface area contributed by atoms with Crippen LogP contribution in [0.25, 0.3) is 0 Å². The third-order valence-corrected chi connectivity index (χ3v) is 4.98. The lowest BCUT2D eigenvalue weighted by molar-refractivity contribution is 0.0904. The Hall–Kier alpha value is -2.85. The lowest BCUT2D eigenvalue weighted by atomic mass is 9.96. The second kappa shape index (κ2) is 6.46. The SMILES string of the molecule is Cn1cc(O[C@@H]2COC[C@@H]2NC(=O)c2ccc(C3(C#N)CC3)cc2)cn1. The van der Waals surface area contributed by atoms with Crippen molar-refractivity contribution in [1.82, 2.24) is 15.1 Å². The lowest BCUT2D eigenvalue weighted by Crippen LogP contribution is -2.45. The van der Waals surface area contributed by atoms with Gasteiger partial charge in [-0.1, -0.05) is 12.1 Å². The van der Waals surface area contributed by atoms with Gasteiger partial charge in [-0.15, -0.1) is 0 Å².